The number of rotatable bonds is 6. The van der Waals surface area contributed by atoms with Crippen molar-refractivity contribution in [3.05, 3.63) is 23.8 Å². The van der Waals surface area contributed by atoms with Crippen molar-refractivity contribution in [3.8, 4) is 11.5 Å². The first-order chi connectivity index (χ1) is 11.1. The van der Waals surface area contributed by atoms with E-state index in [1.54, 1.807) is 14.2 Å². The number of nitrogens with two attached hydrogens (primary N) is 1. The lowest BCUT2D eigenvalue weighted by Crippen LogP contribution is -2.38. The van der Waals surface area contributed by atoms with Gasteiger partial charge in [-0.1, -0.05) is 32.3 Å². The van der Waals surface area contributed by atoms with Gasteiger partial charge in [0.15, 0.2) is 17.5 Å². The molecule has 1 aromatic carbocycles. The molecular weight excluding hydrogens is 290 g/mol. The monoisotopic (exact) mass is 319 g/mol. The molecule has 3 N–H and O–H groups in total. The van der Waals surface area contributed by atoms with Crippen LogP contribution in [0.15, 0.2) is 23.2 Å². The van der Waals surface area contributed by atoms with Gasteiger partial charge in [0.1, 0.15) is 0 Å². The number of aliphatic imine (C=N–C) groups is 1. The number of hydrogen-bond donors (Lipinski definition) is 2. The molecule has 1 aliphatic carbocycles. The Bertz CT molecular complexity index is 531. The molecule has 1 saturated carbocycles. The number of ether oxygens (including phenoxy) is 2. The second-order valence-corrected chi connectivity index (χ2v) is 6.29. The van der Waals surface area contributed by atoms with E-state index in [0.29, 0.717) is 24.2 Å². The minimum absolute atomic E-state index is 0.512. The Kier molecular flexibility index (Phi) is 6.56. The van der Waals surface area contributed by atoms with Crippen molar-refractivity contribution in [2.45, 2.75) is 39.2 Å². The summed E-state index contributed by atoms with van der Waals surface area (Å²) in [6.45, 7) is 3.78. The van der Waals surface area contributed by atoms with Gasteiger partial charge >= 0.3 is 0 Å². The van der Waals surface area contributed by atoms with Crippen LogP contribution in [-0.4, -0.2) is 26.7 Å². The van der Waals surface area contributed by atoms with E-state index < -0.39 is 0 Å². The molecule has 0 saturated heterocycles. The Hall–Kier alpha value is -1.91. The minimum atomic E-state index is 0.512. The van der Waals surface area contributed by atoms with E-state index in [1.807, 2.05) is 18.2 Å². The smallest absolute Gasteiger partial charge is 0.188 e. The van der Waals surface area contributed by atoms with Crippen LogP contribution in [0.3, 0.4) is 0 Å². The van der Waals surface area contributed by atoms with Gasteiger partial charge in [0.05, 0.1) is 20.8 Å². The molecule has 1 fully saturated rings. The molecule has 0 bridgehead atoms. The normalized spacial score (nSPS) is 21.8. The lowest BCUT2D eigenvalue weighted by atomic mass is 9.80. The largest absolute Gasteiger partial charge is 0.493 e. The van der Waals surface area contributed by atoms with Crippen molar-refractivity contribution in [1.82, 2.24) is 5.32 Å². The lowest BCUT2D eigenvalue weighted by Gasteiger charge is -2.28. The van der Waals surface area contributed by atoms with Crippen molar-refractivity contribution < 1.29 is 9.47 Å². The van der Waals surface area contributed by atoms with Crippen LogP contribution in [0.1, 0.15) is 38.2 Å². The van der Waals surface area contributed by atoms with E-state index in [9.17, 15) is 0 Å². The van der Waals surface area contributed by atoms with Crippen molar-refractivity contribution in [3.63, 3.8) is 0 Å². The van der Waals surface area contributed by atoms with Crippen molar-refractivity contribution in [1.29, 1.82) is 0 Å². The molecule has 128 valence electrons. The Morgan fingerprint density at radius 1 is 1.22 bits per heavy atom. The lowest BCUT2D eigenvalue weighted by molar-refractivity contribution is 0.256. The van der Waals surface area contributed by atoms with Crippen molar-refractivity contribution >= 4 is 5.96 Å². The highest BCUT2D eigenvalue weighted by Gasteiger charge is 2.20. The van der Waals surface area contributed by atoms with Crippen LogP contribution in [0, 0.1) is 11.8 Å². The van der Waals surface area contributed by atoms with Crippen molar-refractivity contribution in [2.24, 2.45) is 22.6 Å². The number of methoxy groups -OCH3 is 2. The fraction of sp³-hybridized carbons (Fsp3) is 0.611. The van der Waals surface area contributed by atoms with Gasteiger partial charge in [-0.2, -0.15) is 0 Å². The number of guanidine groups is 1. The van der Waals surface area contributed by atoms with Crippen LogP contribution in [0.2, 0.25) is 0 Å². The second kappa shape index (κ2) is 8.65. The molecule has 0 amide bonds. The highest BCUT2D eigenvalue weighted by atomic mass is 16.5. The molecule has 2 atom stereocenters. The van der Waals surface area contributed by atoms with Crippen LogP contribution in [0.4, 0.5) is 0 Å². The topological polar surface area (TPSA) is 68.9 Å². The first kappa shape index (κ1) is 17.4. The zero-order valence-corrected chi connectivity index (χ0v) is 14.5. The minimum Gasteiger partial charge on any atom is -0.493 e. The maximum absolute atomic E-state index is 5.99. The van der Waals surface area contributed by atoms with Gasteiger partial charge in [0.25, 0.3) is 0 Å². The summed E-state index contributed by atoms with van der Waals surface area (Å²) in [5, 5.41) is 3.28. The number of nitrogens with one attached hydrogen (secondary N) is 1. The van der Waals surface area contributed by atoms with Crippen LogP contribution in [-0.2, 0) is 6.54 Å². The van der Waals surface area contributed by atoms with Crippen molar-refractivity contribution in [2.75, 3.05) is 20.8 Å². The van der Waals surface area contributed by atoms with Gasteiger partial charge in [-0.3, -0.25) is 0 Å². The summed E-state index contributed by atoms with van der Waals surface area (Å²) in [5.41, 5.74) is 7.03. The van der Waals surface area contributed by atoms with Crippen LogP contribution in [0.5, 0.6) is 11.5 Å². The summed E-state index contributed by atoms with van der Waals surface area (Å²) >= 11 is 0. The molecule has 0 aliphatic heterocycles. The molecular formula is C18H29N3O2. The third-order valence-electron chi connectivity index (χ3n) is 4.71. The third kappa shape index (κ3) is 5.05. The molecule has 1 aromatic rings. The average molecular weight is 319 g/mol. The predicted octanol–water partition coefficient (Wildman–Crippen LogP) is 2.93. The van der Waals surface area contributed by atoms with E-state index >= 15 is 0 Å². The Morgan fingerprint density at radius 2 is 1.96 bits per heavy atom. The highest BCUT2D eigenvalue weighted by Crippen LogP contribution is 2.29. The molecule has 2 unspecified atom stereocenters. The summed E-state index contributed by atoms with van der Waals surface area (Å²) in [5.74, 6) is 3.42. The molecule has 0 radical (unpaired) electrons. The highest BCUT2D eigenvalue weighted by molar-refractivity contribution is 5.77. The molecule has 1 aliphatic rings. The maximum atomic E-state index is 5.99. The maximum Gasteiger partial charge on any atom is 0.188 e. The van der Waals surface area contributed by atoms with Gasteiger partial charge < -0.3 is 20.5 Å². The van der Waals surface area contributed by atoms with E-state index in [2.05, 4.69) is 17.2 Å². The molecule has 0 heterocycles. The van der Waals surface area contributed by atoms with Crippen LogP contribution in [0.25, 0.3) is 0 Å². The fourth-order valence-electron chi connectivity index (χ4n) is 3.14. The Labute approximate surface area is 139 Å². The molecule has 0 spiro atoms. The zero-order chi connectivity index (χ0) is 16.7. The molecule has 5 nitrogen and oxygen atoms in total. The molecule has 0 aromatic heterocycles. The van der Waals surface area contributed by atoms with Gasteiger partial charge in [-0.05, 0) is 36.0 Å². The average Bonchev–Trinajstić information content (AvgIpc) is 2.58. The predicted molar refractivity (Wildman–Crippen MR) is 94.0 cm³/mol. The quantitative estimate of drug-likeness (QED) is 0.625. The van der Waals surface area contributed by atoms with Crippen LogP contribution < -0.4 is 20.5 Å². The van der Waals surface area contributed by atoms with E-state index in [-0.39, 0.29) is 0 Å². The molecule has 23 heavy (non-hydrogen) atoms. The summed E-state index contributed by atoms with van der Waals surface area (Å²) < 4.78 is 10.5. The third-order valence-corrected chi connectivity index (χ3v) is 4.71. The first-order valence-corrected chi connectivity index (χ1v) is 8.38. The summed E-state index contributed by atoms with van der Waals surface area (Å²) in [4.78, 5) is 4.42. The van der Waals surface area contributed by atoms with Crippen LogP contribution >= 0.6 is 0 Å². The second-order valence-electron chi connectivity index (χ2n) is 6.29. The molecule has 5 heteroatoms. The van der Waals surface area contributed by atoms with Gasteiger partial charge in [0.2, 0.25) is 0 Å². The van der Waals surface area contributed by atoms with Gasteiger partial charge in [-0.15, -0.1) is 0 Å². The summed E-state index contributed by atoms with van der Waals surface area (Å²) in [7, 11) is 3.26. The van der Waals surface area contributed by atoms with Gasteiger partial charge in [0, 0.05) is 6.54 Å². The van der Waals surface area contributed by atoms with E-state index in [1.165, 1.54) is 25.7 Å². The SMILES string of the molecule is COc1ccc(CN=C(N)NCC2CCCCC2C)cc1OC. The first-order valence-electron chi connectivity index (χ1n) is 8.38. The molecule has 2 rings (SSSR count). The summed E-state index contributed by atoms with van der Waals surface area (Å²) in [6.07, 6.45) is 5.31. The van der Waals surface area contributed by atoms with E-state index in [0.717, 1.165) is 23.8 Å². The number of hydrogen-bond acceptors (Lipinski definition) is 3. The zero-order valence-electron chi connectivity index (χ0n) is 14.5. The summed E-state index contributed by atoms with van der Waals surface area (Å²) in [6, 6.07) is 5.79. The van der Waals surface area contributed by atoms with Gasteiger partial charge in [-0.25, -0.2) is 4.99 Å². The Balaban J connectivity index is 1.86. The Morgan fingerprint density at radius 3 is 2.65 bits per heavy atom. The standard InChI is InChI=1S/C18H29N3O2/c1-13-6-4-5-7-15(13)12-21-18(19)20-11-14-8-9-16(22-2)17(10-14)23-3/h8-10,13,15H,4-7,11-12H2,1-3H3,(H3,19,20,21). The number of nitrogens with zero attached hydrogens (tertiary/aromatic N) is 1. The van der Waals surface area contributed by atoms with E-state index in [4.69, 9.17) is 15.2 Å². The fourth-order valence-corrected chi connectivity index (χ4v) is 3.14. The number of benzene rings is 1.